The molecule has 6 heteroatoms. The Bertz CT molecular complexity index is 588. The van der Waals surface area contributed by atoms with E-state index in [0.717, 1.165) is 19.4 Å². The summed E-state index contributed by atoms with van der Waals surface area (Å²) in [6.45, 7) is 4.40. The van der Waals surface area contributed by atoms with Gasteiger partial charge in [0.25, 0.3) is 0 Å². The first-order valence-electron chi connectivity index (χ1n) is 7.94. The van der Waals surface area contributed by atoms with Crippen molar-refractivity contribution in [3.8, 4) is 0 Å². The predicted molar refractivity (Wildman–Crippen MR) is 87.7 cm³/mol. The quantitative estimate of drug-likeness (QED) is 0.889. The van der Waals surface area contributed by atoms with Gasteiger partial charge in [0.15, 0.2) is 0 Å². The van der Waals surface area contributed by atoms with Crippen molar-refractivity contribution in [2.75, 3.05) is 0 Å². The van der Waals surface area contributed by atoms with Crippen molar-refractivity contribution in [3.05, 3.63) is 34.3 Å². The lowest BCUT2D eigenvalue weighted by molar-refractivity contribution is 0.0736. The van der Waals surface area contributed by atoms with Crippen molar-refractivity contribution in [2.24, 2.45) is 0 Å². The molecule has 22 heavy (non-hydrogen) atoms. The zero-order valence-electron chi connectivity index (χ0n) is 13.2. The van der Waals surface area contributed by atoms with Crippen LogP contribution >= 0.6 is 11.3 Å². The molecular formula is C16H24N4OS. The molecule has 2 aromatic rings. The molecule has 2 aromatic heterocycles. The Morgan fingerprint density at radius 1 is 1.41 bits per heavy atom. The van der Waals surface area contributed by atoms with Crippen LogP contribution in [0.4, 0.5) is 0 Å². The van der Waals surface area contributed by atoms with E-state index in [4.69, 9.17) is 0 Å². The Kier molecular flexibility index (Phi) is 4.61. The van der Waals surface area contributed by atoms with E-state index < -0.39 is 5.60 Å². The van der Waals surface area contributed by atoms with Crippen molar-refractivity contribution < 1.29 is 5.11 Å². The summed E-state index contributed by atoms with van der Waals surface area (Å²) in [6, 6.07) is 4.98. The first-order chi connectivity index (χ1) is 10.5. The van der Waals surface area contributed by atoms with Crippen LogP contribution in [0.2, 0.25) is 0 Å². The van der Waals surface area contributed by atoms with Crippen LogP contribution in [-0.4, -0.2) is 26.1 Å². The maximum atomic E-state index is 10.1. The highest BCUT2D eigenvalue weighted by Crippen LogP contribution is 2.29. The molecule has 0 unspecified atom stereocenters. The fourth-order valence-electron chi connectivity index (χ4n) is 3.03. The molecule has 0 saturated heterocycles. The van der Waals surface area contributed by atoms with Crippen LogP contribution in [-0.2, 0) is 12.1 Å². The van der Waals surface area contributed by atoms with E-state index in [9.17, 15) is 5.11 Å². The lowest BCUT2D eigenvalue weighted by atomic mass is 9.90. The maximum absolute atomic E-state index is 10.1. The molecule has 1 saturated carbocycles. The second kappa shape index (κ2) is 6.48. The van der Waals surface area contributed by atoms with Crippen molar-refractivity contribution in [1.29, 1.82) is 0 Å². The molecule has 1 fully saturated rings. The van der Waals surface area contributed by atoms with Gasteiger partial charge >= 0.3 is 0 Å². The molecule has 5 nitrogen and oxygen atoms in total. The molecule has 1 aliphatic rings. The van der Waals surface area contributed by atoms with Gasteiger partial charge in [-0.05, 0) is 38.1 Å². The lowest BCUT2D eigenvalue weighted by Crippen LogP contribution is -2.39. The topological polar surface area (TPSA) is 63.0 Å². The summed E-state index contributed by atoms with van der Waals surface area (Å²) in [5.74, 6) is 0. The van der Waals surface area contributed by atoms with Gasteiger partial charge in [0.2, 0.25) is 0 Å². The number of thiophene rings is 1. The van der Waals surface area contributed by atoms with E-state index in [1.807, 2.05) is 10.9 Å². The van der Waals surface area contributed by atoms with Crippen LogP contribution in [0, 0.1) is 0 Å². The van der Waals surface area contributed by atoms with Gasteiger partial charge in [-0.25, -0.2) is 4.68 Å². The van der Waals surface area contributed by atoms with E-state index >= 15 is 0 Å². The van der Waals surface area contributed by atoms with Crippen molar-refractivity contribution in [1.82, 2.24) is 20.3 Å². The molecule has 2 heterocycles. The predicted octanol–water partition coefficient (Wildman–Crippen LogP) is 2.84. The normalized spacial score (nSPS) is 22.9. The van der Waals surface area contributed by atoms with E-state index in [1.165, 1.54) is 17.7 Å². The first kappa shape index (κ1) is 15.6. The molecular weight excluding hydrogens is 296 g/mol. The zero-order chi connectivity index (χ0) is 15.6. The van der Waals surface area contributed by atoms with Gasteiger partial charge in [-0.2, -0.15) is 0 Å². The number of nitrogens with one attached hydrogen (secondary N) is 1. The van der Waals surface area contributed by atoms with Crippen molar-refractivity contribution in [2.45, 2.75) is 63.8 Å². The van der Waals surface area contributed by atoms with Gasteiger partial charge in [-0.3, -0.25) is 0 Å². The van der Waals surface area contributed by atoms with Crippen LogP contribution < -0.4 is 5.32 Å². The van der Waals surface area contributed by atoms with E-state index in [-0.39, 0.29) is 0 Å². The number of rotatable bonds is 5. The number of nitrogens with zero attached hydrogens (tertiary/aromatic N) is 3. The summed E-state index contributed by atoms with van der Waals surface area (Å²) in [6.07, 6.45) is 6.64. The third-order valence-electron chi connectivity index (χ3n) is 4.32. The summed E-state index contributed by atoms with van der Waals surface area (Å²) in [5.41, 5.74) is -0.303. The van der Waals surface area contributed by atoms with Crippen LogP contribution in [0.15, 0.2) is 23.7 Å². The monoisotopic (exact) mass is 320 g/mol. The summed E-state index contributed by atoms with van der Waals surface area (Å²) in [4.78, 5) is 1.36. The standard InChI is InChI=1S/C16H24N4OS/c1-16(2,21)15-11-20(19-18-15)14-8-4-3-7-13(14)17-10-12-6-5-9-22-12/h5-6,9,11,13-14,17,21H,3-4,7-8,10H2,1-2H3/t13-,14+/m0/s1. The lowest BCUT2D eigenvalue weighted by Gasteiger charge is -2.32. The smallest absolute Gasteiger partial charge is 0.114 e. The van der Waals surface area contributed by atoms with Crippen LogP contribution in [0.1, 0.15) is 56.1 Å². The molecule has 0 amide bonds. The molecule has 0 radical (unpaired) electrons. The summed E-state index contributed by atoms with van der Waals surface area (Å²) in [5, 5.41) is 24.3. The fraction of sp³-hybridized carbons (Fsp3) is 0.625. The van der Waals surface area contributed by atoms with Crippen LogP contribution in [0.5, 0.6) is 0 Å². The minimum Gasteiger partial charge on any atom is -0.384 e. The van der Waals surface area contributed by atoms with Gasteiger partial charge in [0, 0.05) is 17.5 Å². The molecule has 0 aliphatic heterocycles. The summed E-state index contributed by atoms with van der Waals surface area (Å²) >= 11 is 1.79. The second-order valence-electron chi connectivity index (χ2n) is 6.56. The Morgan fingerprint density at radius 3 is 2.91 bits per heavy atom. The zero-order valence-corrected chi connectivity index (χ0v) is 14.0. The first-order valence-corrected chi connectivity index (χ1v) is 8.82. The second-order valence-corrected chi connectivity index (χ2v) is 7.59. The molecule has 2 atom stereocenters. The van der Waals surface area contributed by atoms with Gasteiger partial charge in [-0.15, -0.1) is 16.4 Å². The van der Waals surface area contributed by atoms with Gasteiger partial charge < -0.3 is 10.4 Å². The number of hydrogen-bond acceptors (Lipinski definition) is 5. The average molecular weight is 320 g/mol. The van der Waals surface area contributed by atoms with Crippen LogP contribution in [0.25, 0.3) is 0 Å². The molecule has 3 rings (SSSR count). The van der Waals surface area contributed by atoms with Crippen LogP contribution in [0.3, 0.4) is 0 Å². The fourth-order valence-corrected chi connectivity index (χ4v) is 3.69. The molecule has 1 aliphatic carbocycles. The van der Waals surface area contributed by atoms with E-state index in [1.54, 1.807) is 25.2 Å². The highest BCUT2D eigenvalue weighted by Gasteiger charge is 2.29. The van der Waals surface area contributed by atoms with E-state index in [2.05, 4.69) is 33.1 Å². The maximum Gasteiger partial charge on any atom is 0.114 e. The number of aliphatic hydroxyl groups is 1. The molecule has 2 N–H and O–H groups in total. The van der Waals surface area contributed by atoms with Crippen molar-refractivity contribution in [3.63, 3.8) is 0 Å². The Balaban J connectivity index is 1.70. The van der Waals surface area contributed by atoms with Gasteiger partial charge in [0.05, 0.1) is 12.2 Å². The van der Waals surface area contributed by atoms with Crippen molar-refractivity contribution >= 4 is 11.3 Å². The molecule has 120 valence electrons. The number of aromatic nitrogens is 3. The van der Waals surface area contributed by atoms with E-state index in [0.29, 0.717) is 17.8 Å². The minimum absolute atomic E-state index is 0.317. The molecule has 0 spiro atoms. The number of hydrogen-bond donors (Lipinski definition) is 2. The Hall–Kier alpha value is -1.24. The van der Waals surface area contributed by atoms with Gasteiger partial charge in [-0.1, -0.05) is 24.1 Å². The Morgan fingerprint density at radius 2 is 2.23 bits per heavy atom. The SMILES string of the molecule is CC(C)(O)c1cn([C@@H]2CCCC[C@@H]2NCc2cccs2)nn1. The third-order valence-corrected chi connectivity index (χ3v) is 5.20. The minimum atomic E-state index is -0.938. The highest BCUT2D eigenvalue weighted by molar-refractivity contribution is 7.09. The average Bonchev–Trinajstić information content (AvgIpc) is 3.16. The summed E-state index contributed by atoms with van der Waals surface area (Å²) in [7, 11) is 0. The third kappa shape index (κ3) is 3.56. The molecule has 0 aromatic carbocycles. The highest BCUT2D eigenvalue weighted by atomic mass is 32.1. The molecule has 0 bridgehead atoms. The largest absolute Gasteiger partial charge is 0.384 e. The Labute approximate surface area is 135 Å². The van der Waals surface area contributed by atoms with Gasteiger partial charge in [0.1, 0.15) is 11.3 Å². The summed E-state index contributed by atoms with van der Waals surface area (Å²) < 4.78 is 1.94.